The third kappa shape index (κ3) is 7.37. The molecule has 2 heteroatoms. The summed E-state index contributed by atoms with van der Waals surface area (Å²) in [7, 11) is 0. The Morgan fingerprint density at radius 2 is 2.11 bits per heavy atom. The van der Waals surface area contributed by atoms with E-state index in [9.17, 15) is 4.79 Å². The molecule has 0 rings (SSSR count). The fraction of sp³-hybridized carbons (Fsp3) is 0.571. The molecule has 1 N–H and O–H groups in total. The second-order valence-corrected chi connectivity index (χ2v) is 1.78. The quantitative estimate of drug-likeness (QED) is 0.339. The molecule has 0 amide bonds. The second kappa shape index (κ2) is 7.37. The van der Waals surface area contributed by atoms with Crippen molar-refractivity contribution in [3.63, 3.8) is 0 Å². The average molecular weight is 128 g/mol. The molecule has 0 heterocycles. The number of carbonyl (C=O) groups is 1. The minimum Gasteiger partial charge on any atom is -0.396 e. The maximum atomic E-state index is 9.70. The zero-order valence-corrected chi connectivity index (χ0v) is 5.42. The highest BCUT2D eigenvalue weighted by atomic mass is 16.2. The summed E-state index contributed by atoms with van der Waals surface area (Å²) in [6.07, 6.45) is 6.72. The molecular formula is C7H12O2. The Balaban J connectivity index is 2.90. The molecule has 0 aliphatic rings. The van der Waals surface area contributed by atoms with Crippen LogP contribution in [-0.4, -0.2) is 18.0 Å². The van der Waals surface area contributed by atoms with Crippen LogP contribution in [0.2, 0.25) is 0 Å². The lowest BCUT2D eigenvalue weighted by atomic mass is 10.2. The molecule has 0 atom stereocenters. The first-order chi connectivity index (χ1) is 4.41. The van der Waals surface area contributed by atoms with Crippen LogP contribution >= 0.6 is 0 Å². The van der Waals surface area contributed by atoms with Crippen LogP contribution in [0.5, 0.6) is 0 Å². The summed E-state index contributed by atoms with van der Waals surface area (Å²) >= 11 is 0. The monoisotopic (exact) mass is 128 g/mol. The van der Waals surface area contributed by atoms with Crippen molar-refractivity contribution in [1.82, 2.24) is 0 Å². The van der Waals surface area contributed by atoms with Gasteiger partial charge in [0.15, 0.2) is 0 Å². The molecule has 0 bridgehead atoms. The van der Waals surface area contributed by atoms with Gasteiger partial charge in [-0.3, -0.25) is 4.79 Å². The van der Waals surface area contributed by atoms with Gasteiger partial charge in [-0.15, -0.1) is 0 Å². The van der Waals surface area contributed by atoms with Crippen molar-refractivity contribution < 1.29 is 9.90 Å². The summed E-state index contributed by atoms with van der Waals surface area (Å²) < 4.78 is 0. The van der Waals surface area contributed by atoms with E-state index in [0.717, 1.165) is 25.5 Å². The van der Waals surface area contributed by atoms with Gasteiger partial charge in [0.25, 0.3) is 0 Å². The van der Waals surface area contributed by atoms with Gasteiger partial charge in [-0.05, 0) is 25.3 Å². The lowest BCUT2D eigenvalue weighted by molar-refractivity contribution is -0.104. The Bertz CT molecular complexity index is 86.9. The predicted molar refractivity (Wildman–Crippen MR) is 36.1 cm³/mol. The van der Waals surface area contributed by atoms with Gasteiger partial charge in [0.1, 0.15) is 6.29 Å². The molecule has 2 nitrogen and oxygen atoms in total. The highest BCUT2D eigenvalue weighted by Crippen LogP contribution is 1.93. The van der Waals surface area contributed by atoms with Gasteiger partial charge < -0.3 is 5.11 Å². The van der Waals surface area contributed by atoms with Crippen LogP contribution < -0.4 is 0 Å². The highest BCUT2D eigenvalue weighted by molar-refractivity contribution is 5.64. The molecule has 0 aromatic carbocycles. The van der Waals surface area contributed by atoms with Crippen LogP contribution in [0.15, 0.2) is 12.2 Å². The lowest BCUT2D eigenvalue weighted by Crippen LogP contribution is -1.80. The number of hydrogen-bond donors (Lipinski definition) is 1. The van der Waals surface area contributed by atoms with Crippen molar-refractivity contribution in [2.75, 3.05) is 6.61 Å². The number of rotatable bonds is 5. The number of carbonyl (C=O) groups excluding carboxylic acids is 1. The van der Waals surface area contributed by atoms with E-state index in [2.05, 4.69) is 0 Å². The second-order valence-electron chi connectivity index (χ2n) is 1.78. The van der Waals surface area contributed by atoms with Crippen molar-refractivity contribution in [3.8, 4) is 0 Å². The first kappa shape index (κ1) is 8.37. The SMILES string of the molecule is O=CC=CCCCCO. The van der Waals surface area contributed by atoms with E-state index in [4.69, 9.17) is 5.11 Å². The number of aldehydes is 1. The summed E-state index contributed by atoms with van der Waals surface area (Å²) in [5.41, 5.74) is 0. The summed E-state index contributed by atoms with van der Waals surface area (Å²) in [5.74, 6) is 0. The Kier molecular flexibility index (Phi) is 6.85. The summed E-state index contributed by atoms with van der Waals surface area (Å²) in [6.45, 7) is 0.245. The van der Waals surface area contributed by atoms with Gasteiger partial charge in [0, 0.05) is 6.61 Å². The summed E-state index contributed by atoms with van der Waals surface area (Å²) in [4.78, 5) is 9.70. The molecule has 0 saturated carbocycles. The molecule has 0 spiro atoms. The van der Waals surface area contributed by atoms with Gasteiger partial charge in [0.05, 0.1) is 0 Å². The van der Waals surface area contributed by atoms with E-state index >= 15 is 0 Å². The van der Waals surface area contributed by atoms with Crippen LogP contribution in [0.4, 0.5) is 0 Å². The number of allylic oxidation sites excluding steroid dienone is 2. The third-order valence-electron chi connectivity index (χ3n) is 0.994. The third-order valence-corrected chi connectivity index (χ3v) is 0.994. The van der Waals surface area contributed by atoms with Gasteiger partial charge in [0.2, 0.25) is 0 Å². The predicted octanol–water partition coefficient (Wildman–Crippen LogP) is 0.904. The number of aliphatic hydroxyl groups excluding tert-OH is 1. The Hall–Kier alpha value is -0.630. The van der Waals surface area contributed by atoms with Crippen LogP contribution in [0, 0.1) is 0 Å². The van der Waals surface area contributed by atoms with Crippen molar-refractivity contribution in [1.29, 1.82) is 0 Å². The molecule has 0 aliphatic carbocycles. The molecule has 0 aromatic rings. The average Bonchev–Trinajstić information content (AvgIpc) is 1.89. The van der Waals surface area contributed by atoms with E-state index in [1.54, 1.807) is 0 Å². The first-order valence-electron chi connectivity index (χ1n) is 3.13. The number of aliphatic hydroxyl groups is 1. The molecule has 52 valence electrons. The van der Waals surface area contributed by atoms with Crippen LogP contribution in [0.25, 0.3) is 0 Å². The van der Waals surface area contributed by atoms with E-state index in [-0.39, 0.29) is 6.61 Å². The fourth-order valence-corrected chi connectivity index (χ4v) is 0.526. The zero-order chi connectivity index (χ0) is 6.95. The number of hydrogen-bond acceptors (Lipinski definition) is 2. The highest BCUT2D eigenvalue weighted by Gasteiger charge is 1.80. The first-order valence-corrected chi connectivity index (χ1v) is 3.13. The molecule has 0 aromatic heterocycles. The van der Waals surface area contributed by atoms with Crippen LogP contribution in [0.3, 0.4) is 0 Å². The zero-order valence-electron chi connectivity index (χ0n) is 5.42. The minimum atomic E-state index is 0.245. The van der Waals surface area contributed by atoms with Crippen molar-refractivity contribution in [2.45, 2.75) is 19.3 Å². The molecule has 0 saturated heterocycles. The van der Waals surface area contributed by atoms with Crippen LogP contribution in [0.1, 0.15) is 19.3 Å². The van der Waals surface area contributed by atoms with Gasteiger partial charge in [-0.1, -0.05) is 6.08 Å². The van der Waals surface area contributed by atoms with E-state index < -0.39 is 0 Å². The van der Waals surface area contributed by atoms with E-state index in [1.807, 2.05) is 6.08 Å². The molecule has 0 radical (unpaired) electrons. The Labute approximate surface area is 55.2 Å². The summed E-state index contributed by atoms with van der Waals surface area (Å²) in [5, 5.41) is 8.33. The molecule has 0 fully saturated rings. The maximum absolute atomic E-state index is 9.70. The minimum absolute atomic E-state index is 0.245. The molecular weight excluding hydrogens is 116 g/mol. The topological polar surface area (TPSA) is 37.3 Å². The van der Waals surface area contributed by atoms with Crippen molar-refractivity contribution in [3.05, 3.63) is 12.2 Å². The smallest absolute Gasteiger partial charge is 0.142 e. The Morgan fingerprint density at radius 3 is 2.67 bits per heavy atom. The largest absolute Gasteiger partial charge is 0.396 e. The molecule has 0 unspecified atom stereocenters. The van der Waals surface area contributed by atoms with E-state index in [0.29, 0.717) is 0 Å². The standard InChI is InChI=1S/C7H12O2/c8-6-4-2-1-3-5-7-9/h2,4,6,9H,1,3,5,7H2. The van der Waals surface area contributed by atoms with E-state index in [1.165, 1.54) is 6.08 Å². The number of unbranched alkanes of at least 4 members (excludes halogenated alkanes) is 2. The van der Waals surface area contributed by atoms with Crippen molar-refractivity contribution >= 4 is 6.29 Å². The lowest BCUT2D eigenvalue weighted by Gasteiger charge is -1.88. The van der Waals surface area contributed by atoms with Gasteiger partial charge >= 0.3 is 0 Å². The Morgan fingerprint density at radius 1 is 1.33 bits per heavy atom. The van der Waals surface area contributed by atoms with Gasteiger partial charge in [-0.2, -0.15) is 0 Å². The van der Waals surface area contributed by atoms with Gasteiger partial charge in [-0.25, -0.2) is 0 Å². The maximum Gasteiger partial charge on any atom is 0.142 e. The van der Waals surface area contributed by atoms with Crippen LogP contribution in [-0.2, 0) is 4.79 Å². The normalized spacial score (nSPS) is 10.3. The fourth-order valence-electron chi connectivity index (χ4n) is 0.526. The molecule has 0 aliphatic heterocycles. The summed E-state index contributed by atoms with van der Waals surface area (Å²) in [6, 6.07) is 0. The van der Waals surface area contributed by atoms with Crippen molar-refractivity contribution in [2.24, 2.45) is 0 Å². The molecule has 9 heavy (non-hydrogen) atoms.